The van der Waals surface area contributed by atoms with Crippen LogP contribution in [0.15, 0.2) is 58.2 Å². The molecule has 0 saturated carbocycles. The van der Waals surface area contributed by atoms with Gasteiger partial charge in [-0.3, -0.25) is 0 Å². The normalized spacial score (nSPS) is 12.6. The first-order valence-electron chi connectivity index (χ1n) is 7.99. The van der Waals surface area contributed by atoms with Crippen molar-refractivity contribution in [2.75, 3.05) is 0 Å². The van der Waals surface area contributed by atoms with Crippen LogP contribution in [0.1, 0.15) is 11.6 Å². The molecule has 4 aromatic rings. The molecule has 0 unspecified atom stereocenters. The molecular formula is C17H10ClF3N4O3S. The van der Waals surface area contributed by atoms with Crippen LogP contribution in [0.5, 0.6) is 0 Å². The number of halogens is 4. The van der Waals surface area contributed by atoms with Gasteiger partial charge in [-0.25, -0.2) is 13.4 Å². The van der Waals surface area contributed by atoms with E-state index in [4.69, 9.17) is 11.6 Å². The van der Waals surface area contributed by atoms with E-state index in [-0.39, 0.29) is 27.7 Å². The lowest BCUT2D eigenvalue weighted by Gasteiger charge is -2.02. The van der Waals surface area contributed by atoms with Gasteiger partial charge in [-0.15, -0.1) is 0 Å². The number of pyridine rings is 1. The highest BCUT2D eigenvalue weighted by Crippen LogP contribution is 2.29. The van der Waals surface area contributed by atoms with Gasteiger partial charge >= 0.3 is 12.1 Å². The molecule has 0 atom stereocenters. The summed E-state index contributed by atoms with van der Waals surface area (Å²) in [4.78, 5) is 7.62. The van der Waals surface area contributed by atoms with E-state index in [1.807, 2.05) is 0 Å². The number of hydrogen-bond acceptors (Lipinski definition) is 6. The van der Waals surface area contributed by atoms with Crippen molar-refractivity contribution >= 4 is 27.1 Å². The summed E-state index contributed by atoms with van der Waals surface area (Å²) < 4.78 is 68.7. The van der Waals surface area contributed by atoms with Crippen molar-refractivity contribution in [3.8, 4) is 11.4 Å². The van der Waals surface area contributed by atoms with Crippen LogP contribution < -0.4 is 0 Å². The molecule has 1 aromatic carbocycles. The van der Waals surface area contributed by atoms with Crippen molar-refractivity contribution < 1.29 is 26.1 Å². The lowest BCUT2D eigenvalue weighted by Crippen LogP contribution is -2.05. The Morgan fingerprint density at radius 3 is 2.59 bits per heavy atom. The Bertz CT molecular complexity index is 1310. The van der Waals surface area contributed by atoms with Gasteiger partial charge in [-0.2, -0.15) is 18.2 Å². The van der Waals surface area contributed by atoms with E-state index in [0.29, 0.717) is 10.7 Å². The van der Waals surface area contributed by atoms with Crippen LogP contribution in [0.4, 0.5) is 13.2 Å². The van der Waals surface area contributed by atoms with E-state index in [0.717, 1.165) is 0 Å². The van der Waals surface area contributed by atoms with Crippen LogP contribution in [0, 0.1) is 0 Å². The molecule has 12 heteroatoms. The lowest BCUT2D eigenvalue weighted by molar-refractivity contribution is -0.159. The van der Waals surface area contributed by atoms with Crippen molar-refractivity contribution in [3.63, 3.8) is 0 Å². The number of imidazole rings is 1. The highest BCUT2D eigenvalue weighted by Gasteiger charge is 2.38. The lowest BCUT2D eigenvalue weighted by atomic mass is 10.3. The van der Waals surface area contributed by atoms with Gasteiger partial charge in [0.15, 0.2) is 9.84 Å². The van der Waals surface area contributed by atoms with Crippen LogP contribution in [0.2, 0.25) is 5.02 Å². The number of fused-ring (bicyclic) bond motifs is 1. The molecule has 0 radical (unpaired) electrons. The van der Waals surface area contributed by atoms with Gasteiger partial charge in [-0.05, 0) is 30.3 Å². The van der Waals surface area contributed by atoms with Crippen LogP contribution >= 0.6 is 11.6 Å². The molecule has 0 N–H and O–H groups in total. The van der Waals surface area contributed by atoms with Gasteiger partial charge in [0.25, 0.3) is 0 Å². The SMILES string of the molecule is O=S(=O)(Cc1cn2cc(-c3noc(C(F)(F)F)n3)ccc2n1)c1cccc(Cl)c1. The molecule has 29 heavy (non-hydrogen) atoms. The van der Waals surface area contributed by atoms with Crippen molar-refractivity contribution in [2.24, 2.45) is 0 Å². The second kappa shape index (κ2) is 6.85. The van der Waals surface area contributed by atoms with Crippen LogP contribution in [0.25, 0.3) is 17.0 Å². The van der Waals surface area contributed by atoms with Crippen LogP contribution in [0.3, 0.4) is 0 Å². The smallest absolute Gasteiger partial charge is 0.329 e. The fourth-order valence-corrected chi connectivity index (χ4v) is 4.18. The summed E-state index contributed by atoms with van der Waals surface area (Å²) in [5.41, 5.74) is 0.911. The molecule has 0 spiro atoms. The Balaban J connectivity index is 1.64. The topological polar surface area (TPSA) is 90.4 Å². The fraction of sp³-hybridized carbons (Fsp3) is 0.118. The zero-order valence-electron chi connectivity index (χ0n) is 14.3. The molecule has 4 rings (SSSR count). The summed E-state index contributed by atoms with van der Waals surface area (Å²) in [6.45, 7) is 0. The number of nitrogens with zero attached hydrogens (tertiary/aromatic N) is 4. The summed E-state index contributed by atoms with van der Waals surface area (Å²) >= 11 is 5.85. The second-order valence-electron chi connectivity index (χ2n) is 6.05. The third-order valence-corrected chi connectivity index (χ3v) is 5.80. The zero-order chi connectivity index (χ0) is 20.8. The van der Waals surface area contributed by atoms with Crippen molar-refractivity contribution in [2.45, 2.75) is 16.8 Å². The Kier molecular flexibility index (Phi) is 4.58. The van der Waals surface area contributed by atoms with E-state index in [2.05, 4.69) is 19.6 Å². The molecule has 7 nitrogen and oxygen atoms in total. The predicted molar refractivity (Wildman–Crippen MR) is 95.8 cm³/mol. The summed E-state index contributed by atoms with van der Waals surface area (Å²) in [5, 5.41) is 3.62. The van der Waals surface area contributed by atoms with Crippen molar-refractivity contribution in [1.29, 1.82) is 0 Å². The van der Waals surface area contributed by atoms with Crippen LogP contribution in [-0.2, 0) is 21.8 Å². The number of hydrogen-bond donors (Lipinski definition) is 0. The number of sulfone groups is 1. The first-order chi connectivity index (χ1) is 13.6. The molecule has 0 bridgehead atoms. The van der Waals surface area contributed by atoms with E-state index in [1.165, 1.54) is 47.1 Å². The number of aromatic nitrogens is 4. The first kappa shape index (κ1) is 19.4. The first-order valence-corrected chi connectivity index (χ1v) is 10.0. The van der Waals surface area contributed by atoms with Gasteiger partial charge in [-0.1, -0.05) is 22.8 Å². The molecule has 0 aliphatic heterocycles. The highest BCUT2D eigenvalue weighted by molar-refractivity contribution is 7.90. The molecule has 3 aromatic heterocycles. The third-order valence-electron chi connectivity index (χ3n) is 3.92. The largest absolute Gasteiger partial charge is 0.471 e. The Morgan fingerprint density at radius 2 is 1.90 bits per heavy atom. The van der Waals surface area contributed by atoms with E-state index < -0.39 is 21.9 Å². The number of benzene rings is 1. The van der Waals surface area contributed by atoms with E-state index in [9.17, 15) is 21.6 Å². The molecule has 0 aliphatic carbocycles. The highest BCUT2D eigenvalue weighted by atomic mass is 35.5. The Hall–Kier alpha value is -2.92. The molecule has 0 amide bonds. The maximum Gasteiger partial charge on any atom is 0.471 e. The zero-order valence-corrected chi connectivity index (χ0v) is 15.8. The summed E-state index contributed by atoms with van der Waals surface area (Å²) in [6, 6.07) is 8.85. The van der Waals surface area contributed by atoms with E-state index >= 15 is 0 Å². The summed E-state index contributed by atoms with van der Waals surface area (Å²) in [7, 11) is -3.68. The van der Waals surface area contributed by atoms with Crippen molar-refractivity contribution in [3.05, 3.63) is 65.4 Å². The average molecular weight is 443 g/mol. The minimum absolute atomic E-state index is 0.0641. The molecular weight excluding hydrogens is 433 g/mol. The Labute approximate surface area is 166 Å². The molecule has 0 aliphatic rings. The maximum absolute atomic E-state index is 12.6. The maximum atomic E-state index is 12.6. The number of rotatable bonds is 4. The molecule has 150 valence electrons. The van der Waals surface area contributed by atoms with Crippen LogP contribution in [-0.4, -0.2) is 27.9 Å². The summed E-state index contributed by atoms with van der Waals surface area (Å²) in [6.07, 6.45) is -1.85. The van der Waals surface area contributed by atoms with E-state index in [1.54, 1.807) is 6.07 Å². The van der Waals surface area contributed by atoms with Gasteiger partial charge in [0.05, 0.1) is 16.3 Å². The second-order valence-corrected chi connectivity index (χ2v) is 8.48. The van der Waals surface area contributed by atoms with Gasteiger partial charge in [0, 0.05) is 23.0 Å². The monoisotopic (exact) mass is 442 g/mol. The minimum atomic E-state index is -4.74. The minimum Gasteiger partial charge on any atom is -0.329 e. The summed E-state index contributed by atoms with van der Waals surface area (Å²) in [5.74, 6) is -2.07. The van der Waals surface area contributed by atoms with Gasteiger partial charge in [0.2, 0.25) is 5.82 Å². The standard InChI is InChI=1S/C17H10ClF3N4O3S/c18-11-2-1-3-13(6-11)29(26,27)9-12-8-25-7-10(4-5-14(25)22-12)15-23-16(28-24-15)17(19,20)21/h1-8H,9H2. The molecule has 0 saturated heterocycles. The molecule has 0 fully saturated rings. The third kappa shape index (κ3) is 3.96. The fourth-order valence-electron chi connectivity index (χ4n) is 2.64. The number of alkyl halides is 3. The molecule has 3 heterocycles. The predicted octanol–water partition coefficient (Wildman–Crippen LogP) is 4.03. The van der Waals surface area contributed by atoms with Crippen molar-refractivity contribution in [1.82, 2.24) is 19.5 Å². The van der Waals surface area contributed by atoms with Gasteiger partial charge < -0.3 is 8.92 Å². The van der Waals surface area contributed by atoms with Gasteiger partial charge in [0.1, 0.15) is 5.65 Å². The Morgan fingerprint density at radius 1 is 1.10 bits per heavy atom. The average Bonchev–Trinajstić information content (AvgIpc) is 3.27. The quantitative estimate of drug-likeness (QED) is 0.474.